The minimum atomic E-state index is -0.349. The highest BCUT2D eigenvalue weighted by molar-refractivity contribution is 5.92. The third-order valence-corrected chi connectivity index (χ3v) is 8.70. The normalized spacial score (nSPS) is 24.9. The number of hydrogen-bond acceptors (Lipinski definition) is 3. The molecule has 2 bridgehead atoms. The van der Waals surface area contributed by atoms with E-state index in [0.717, 1.165) is 45.4 Å². The summed E-state index contributed by atoms with van der Waals surface area (Å²) in [6.07, 6.45) is 14.6. The third-order valence-electron chi connectivity index (χ3n) is 8.70. The average molecular weight is 483 g/mol. The van der Waals surface area contributed by atoms with Crippen LogP contribution in [0.5, 0.6) is 0 Å². The standard InChI is InChI=1S/C29H46N4O2/c1-2-3-7-15-31-29(35)32(21-22-9-5-4-6-10-22)16-17-33-26-13-14-27(33)20-25(19-26)23-11-8-12-24(18-23)28(30)34/h8,11-12,18,22,25-27H,2-7,9-10,13-17,19-21H2,1H3,(H2,30,34)(H,31,35)/t25?,26-,27+. The molecule has 2 aliphatic heterocycles. The molecule has 2 saturated heterocycles. The molecule has 1 saturated carbocycles. The summed E-state index contributed by atoms with van der Waals surface area (Å²) in [4.78, 5) is 29.6. The SMILES string of the molecule is CCCCCNC(=O)N(CCN1[C@@H]2CC[C@H]1CC(c1cccc(C(N)=O)c1)C2)CC1CCCCC1. The maximum Gasteiger partial charge on any atom is 0.317 e. The number of primary amides is 1. The van der Waals surface area contributed by atoms with E-state index in [1.807, 2.05) is 18.2 Å². The molecular formula is C29H46N4O2. The predicted molar refractivity (Wildman–Crippen MR) is 142 cm³/mol. The van der Waals surface area contributed by atoms with E-state index in [0.29, 0.717) is 29.5 Å². The minimum absolute atomic E-state index is 0.136. The maximum atomic E-state index is 13.1. The molecule has 1 aromatic carbocycles. The van der Waals surface area contributed by atoms with Crippen LogP contribution in [-0.2, 0) is 0 Å². The van der Waals surface area contributed by atoms with Crippen molar-refractivity contribution in [2.75, 3.05) is 26.2 Å². The van der Waals surface area contributed by atoms with Gasteiger partial charge >= 0.3 is 6.03 Å². The number of rotatable bonds is 11. The topological polar surface area (TPSA) is 78.7 Å². The fourth-order valence-electron chi connectivity index (χ4n) is 6.73. The lowest BCUT2D eigenvalue weighted by molar-refractivity contribution is 0.0998. The van der Waals surface area contributed by atoms with E-state index in [2.05, 4.69) is 28.1 Å². The Labute approximate surface area is 212 Å². The molecule has 4 rings (SSSR count). The number of piperidine rings is 1. The minimum Gasteiger partial charge on any atom is -0.366 e. The van der Waals surface area contributed by atoms with E-state index < -0.39 is 0 Å². The number of hydrogen-bond donors (Lipinski definition) is 2. The van der Waals surface area contributed by atoms with Gasteiger partial charge in [-0.2, -0.15) is 0 Å². The Morgan fingerprint density at radius 1 is 1.06 bits per heavy atom. The Bertz CT molecular complexity index is 824. The Kier molecular flexibility index (Phi) is 9.47. The van der Waals surface area contributed by atoms with E-state index in [9.17, 15) is 9.59 Å². The zero-order valence-electron chi connectivity index (χ0n) is 21.7. The number of carbonyl (C=O) groups is 2. The Morgan fingerprint density at radius 3 is 2.49 bits per heavy atom. The van der Waals surface area contributed by atoms with Gasteiger partial charge in [0.15, 0.2) is 0 Å². The first-order chi connectivity index (χ1) is 17.0. The number of nitrogens with one attached hydrogen (secondary N) is 1. The van der Waals surface area contributed by atoms with Gasteiger partial charge in [0, 0.05) is 43.8 Å². The summed E-state index contributed by atoms with van der Waals surface area (Å²) in [6.45, 7) is 5.69. The second-order valence-electron chi connectivity index (χ2n) is 11.2. The number of urea groups is 1. The third kappa shape index (κ3) is 6.99. The van der Waals surface area contributed by atoms with Gasteiger partial charge in [-0.3, -0.25) is 9.69 Å². The summed E-state index contributed by atoms with van der Waals surface area (Å²) < 4.78 is 0. The number of fused-ring (bicyclic) bond motifs is 2. The zero-order chi connectivity index (χ0) is 24.6. The fraction of sp³-hybridized carbons (Fsp3) is 0.724. The van der Waals surface area contributed by atoms with Crippen molar-refractivity contribution in [3.63, 3.8) is 0 Å². The summed E-state index contributed by atoms with van der Waals surface area (Å²) >= 11 is 0. The molecule has 1 aromatic rings. The van der Waals surface area contributed by atoms with Crippen molar-refractivity contribution in [3.05, 3.63) is 35.4 Å². The fourth-order valence-corrected chi connectivity index (χ4v) is 6.73. The number of nitrogens with two attached hydrogens (primary N) is 1. The van der Waals surface area contributed by atoms with Gasteiger partial charge < -0.3 is 16.0 Å². The maximum absolute atomic E-state index is 13.1. The molecule has 3 amide bonds. The first kappa shape index (κ1) is 26.0. The average Bonchev–Trinajstić information content (AvgIpc) is 3.11. The summed E-state index contributed by atoms with van der Waals surface area (Å²) in [5, 5.41) is 3.21. The van der Waals surface area contributed by atoms with Gasteiger partial charge in [0.05, 0.1) is 0 Å². The summed E-state index contributed by atoms with van der Waals surface area (Å²) in [6, 6.07) is 9.20. The second kappa shape index (κ2) is 12.8. The van der Waals surface area contributed by atoms with Gasteiger partial charge in [-0.15, -0.1) is 0 Å². The summed E-state index contributed by atoms with van der Waals surface area (Å²) in [5.41, 5.74) is 7.39. The number of benzene rings is 1. The van der Waals surface area contributed by atoms with Gasteiger partial charge in [0.2, 0.25) is 5.91 Å². The Morgan fingerprint density at radius 2 is 1.80 bits per heavy atom. The lowest BCUT2D eigenvalue weighted by atomic mass is 9.84. The summed E-state index contributed by atoms with van der Waals surface area (Å²) in [5.74, 6) is 0.798. The van der Waals surface area contributed by atoms with E-state index in [1.54, 1.807) is 0 Å². The first-order valence-electron chi connectivity index (χ1n) is 14.2. The van der Waals surface area contributed by atoms with Crippen LogP contribution >= 0.6 is 0 Å². The molecule has 6 heteroatoms. The van der Waals surface area contributed by atoms with E-state index in [4.69, 9.17) is 5.73 Å². The van der Waals surface area contributed by atoms with Gasteiger partial charge in [-0.1, -0.05) is 51.2 Å². The van der Waals surface area contributed by atoms with E-state index in [-0.39, 0.29) is 11.9 Å². The van der Waals surface area contributed by atoms with Crippen LogP contribution < -0.4 is 11.1 Å². The van der Waals surface area contributed by atoms with Crippen LogP contribution in [0.3, 0.4) is 0 Å². The Balaban J connectivity index is 1.34. The quantitative estimate of drug-likeness (QED) is 0.421. The van der Waals surface area contributed by atoms with Crippen molar-refractivity contribution >= 4 is 11.9 Å². The van der Waals surface area contributed by atoms with Gasteiger partial charge in [-0.05, 0) is 74.5 Å². The molecule has 2 heterocycles. The van der Waals surface area contributed by atoms with Crippen molar-refractivity contribution in [1.29, 1.82) is 0 Å². The first-order valence-corrected chi connectivity index (χ1v) is 14.2. The molecule has 35 heavy (non-hydrogen) atoms. The molecule has 0 aromatic heterocycles. The van der Waals surface area contributed by atoms with Crippen LogP contribution in [0, 0.1) is 5.92 Å². The number of amides is 3. The van der Waals surface area contributed by atoms with Crippen LogP contribution in [0.1, 0.15) is 106 Å². The summed E-state index contributed by atoms with van der Waals surface area (Å²) in [7, 11) is 0. The molecule has 0 radical (unpaired) electrons. The molecule has 0 spiro atoms. The number of nitrogens with zero attached hydrogens (tertiary/aromatic N) is 2. The molecule has 3 aliphatic rings. The van der Waals surface area contributed by atoms with Crippen molar-refractivity contribution in [1.82, 2.24) is 15.1 Å². The monoisotopic (exact) mass is 482 g/mol. The molecule has 194 valence electrons. The highest BCUT2D eigenvalue weighted by Crippen LogP contribution is 2.43. The highest BCUT2D eigenvalue weighted by atomic mass is 16.2. The van der Waals surface area contributed by atoms with E-state index in [1.165, 1.54) is 63.4 Å². The van der Waals surface area contributed by atoms with Crippen LogP contribution in [-0.4, -0.2) is 60.0 Å². The molecule has 1 unspecified atom stereocenters. The van der Waals surface area contributed by atoms with Crippen LogP contribution in [0.2, 0.25) is 0 Å². The second-order valence-corrected chi connectivity index (χ2v) is 11.2. The van der Waals surface area contributed by atoms with Crippen molar-refractivity contribution in [2.45, 2.75) is 102 Å². The van der Waals surface area contributed by atoms with Crippen LogP contribution in [0.15, 0.2) is 24.3 Å². The lowest BCUT2D eigenvalue weighted by Crippen LogP contribution is -2.50. The number of carbonyl (C=O) groups excluding carboxylic acids is 2. The molecule has 3 fully saturated rings. The van der Waals surface area contributed by atoms with Crippen molar-refractivity contribution in [3.8, 4) is 0 Å². The van der Waals surface area contributed by atoms with Crippen LogP contribution in [0.25, 0.3) is 0 Å². The highest BCUT2D eigenvalue weighted by Gasteiger charge is 2.41. The molecular weight excluding hydrogens is 436 g/mol. The molecule has 6 nitrogen and oxygen atoms in total. The molecule has 1 aliphatic carbocycles. The van der Waals surface area contributed by atoms with Gasteiger partial charge in [-0.25, -0.2) is 4.79 Å². The van der Waals surface area contributed by atoms with Gasteiger partial charge in [0.25, 0.3) is 0 Å². The predicted octanol–water partition coefficient (Wildman–Crippen LogP) is 5.28. The molecule has 3 N–H and O–H groups in total. The van der Waals surface area contributed by atoms with Crippen LogP contribution in [0.4, 0.5) is 4.79 Å². The zero-order valence-corrected chi connectivity index (χ0v) is 21.7. The van der Waals surface area contributed by atoms with Gasteiger partial charge in [0.1, 0.15) is 0 Å². The Hall–Kier alpha value is -2.08. The lowest BCUT2D eigenvalue weighted by Gasteiger charge is -2.40. The smallest absolute Gasteiger partial charge is 0.317 e. The van der Waals surface area contributed by atoms with E-state index >= 15 is 0 Å². The molecule has 3 atom stereocenters. The van der Waals surface area contributed by atoms with Crippen molar-refractivity contribution < 1.29 is 9.59 Å². The largest absolute Gasteiger partial charge is 0.366 e. The number of unbranched alkanes of at least 4 members (excludes halogenated alkanes) is 2. The van der Waals surface area contributed by atoms with Crippen molar-refractivity contribution in [2.24, 2.45) is 11.7 Å².